The molecule has 2 rings (SSSR count). The minimum absolute atomic E-state index is 0.886. The number of likely N-dealkylation sites (tertiary alicyclic amines) is 2. The van der Waals surface area contributed by atoms with Crippen LogP contribution in [-0.4, -0.2) is 85.5 Å². The second-order valence-electron chi connectivity index (χ2n) is 6.72. The van der Waals surface area contributed by atoms with Gasteiger partial charge in [0.2, 0.25) is 0 Å². The fourth-order valence-electron chi connectivity index (χ4n) is 2.11. The van der Waals surface area contributed by atoms with Crippen LogP contribution in [0, 0.1) is 0 Å². The molecule has 0 unspecified atom stereocenters. The van der Waals surface area contributed by atoms with Gasteiger partial charge in [-0.15, -0.1) is 0 Å². The predicted molar refractivity (Wildman–Crippen MR) is 114 cm³/mol. The zero-order valence-corrected chi connectivity index (χ0v) is 21.1. The Morgan fingerprint density at radius 3 is 0.558 bits per heavy atom. The van der Waals surface area contributed by atoms with Gasteiger partial charge in [0.05, 0.1) is 0 Å². The van der Waals surface area contributed by atoms with Crippen LogP contribution in [0.1, 0.15) is 25.7 Å². The molecule has 0 aromatic carbocycles. The average molecular weight is 725 g/mol. The molecule has 0 bridgehead atoms. The second kappa shape index (κ2) is 22.7. The molecule has 2 fully saturated rings. The minimum atomic E-state index is -6.00. The van der Waals surface area contributed by atoms with Gasteiger partial charge < -0.3 is 104 Å². The number of halogens is 25. The van der Waals surface area contributed by atoms with Crippen LogP contribution in [0.5, 0.6) is 0 Å². The number of urea groups is 1. The fraction of sp³-hybridized carbons (Fsp3) is 0.889. The van der Waals surface area contributed by atoms with E-state index in [-0.39, 0.29) is 0 Å². The zero-order chi connectivity index (χ0) is 36.1. The first-order chi connectivity index (χ1) is 18.4. The maximum absolute atomic E-state index is 9.75. The lowest BCUT2D eigenvalue weighted by molar-refractivity contribution is 0.0448. The van der Waals surface area contributed by atoms with E-state index in [2.05, 4.69) is 9.80 Å². The molecule has 0 aromatic rings. The third-order valence-corrected chi connectivity index (χ3v) is 2.96. The van der Waals surface area contributed by atoms with E-state index in [4.69, 9.17) is 15.8 Å². The van der Waals surface area contributed by atoms with Gasteiger partial charge >= 0.3 is 61.4 Å². The van der Waals surface area contributed by atoms with Crippen LogP contribution in [0.25, 0.3) is 0 Å². The molecule has 0 spiro atoms. The van der Waals surface area contributed by atoms with Crippen molar-refractivity contribution in [2.75, 3.05) is 26.2 Å². The van der Waals surface area contributed by atoms with Crippen molar-refractivity contribution >= 4 is 61.4 Å². The van der Waals surface area contributed by atoms with Crippen molar-refractivity contribution in [2.45, 2.75) is 25.7 Å². The predicted octanol–water partition coefficient (Wildman–Crippen LogP) is 9.79. The van der Waals surface area contributed by atoms with Crippen LogP contribution in [0.15, 0.2) is 0 Å². The maximum atomic E-state index is 9.75. The number of rotatable bonds is 0. The number of amides is 2. The summed E-state index contributed by atoms with van der Waals surface area (Å²) < 4.78 is 239. The van der Waals surface area contributed by atoms with Crippen LogP contribution < -0.4 is 0 Å². The summed E-state index contributed by atoms with van der Waals surface area (Å²) in [7, 11) is -36.0. The first kappa shape index (κ1) is 50.9. The van der Waals surface area contributed by atoms with Crippen molar-refractivity contribution < 1.29 is 108 Å². The summed E-state index contributed by atoms with van der Waals surface area (Å²) in [5, 5.41) is 0. The van der Waals surface area contributed by atoms with Crippen LogP contribution in [0.3, 0.4) is 0 Å². The molecule has 0 atom stereocenters. The third-order valence-electron chi connectivity index (χ3n) is 2.82. The van der Waals surface area contributed by atoms with E-state index >= 15 is 0 Å². The Balaban J connectivity index is -0.000000139. The van der Waals surface area contributed by atoms with Crippen molar-refractivity contribution in [3.05, 3.63) is 0 Å². The molecule has 0 saturated carbocycles. The molecule has 43 heavy (non-hydrogen) atoms. The quantitative estimate of drug-likeness (QED) is 0.135. The first-order valence-electron chi connectivity index (χ1n) is 10.3. The molecule has 2 saturated heterocycles. The number of hydrogen-bond donors (Lipinski definition) is 0. The summed E-state index contributed by atoms with van der Waals surface area (Å²) in [6.07, 6.45) is 5.05. The average Bonchev–Trinajstić information content (AvgIpc) is 3.27. The standard InChI is InChI=1S/C9H16ClN2O.6BF4/c10-13-9(11-5-1-2-6-11)12-7-3-4-8-12;6*2-1(3,4)5/h1-8H2;;;;;;/q+1;6*-1. The number of nitrogens with zero attached hydrogens (tertiary/aromatic N) is 2. The lowest BCUT2D eigenvalue weighted by Crippen LogP contribution is -2.40. The van der Waals surface area contributed by atoms with Gasteiger partial charge in [-0.05, 0) is 25.7 Å². The van der Waals surface area contributed by atoms with E-state index < -0.39 is 43.5 Å². The monoisotopic (exact) mass is 725 g/mol. The van der Waals surface area contributed by atoms with E-state index in [0.717, 1.165) is 32.2 Å². The Bertz CT molecular complexity index is 535. The van der Waals surface area contributed by atoms with Crippen LogP contribution >= 0.6 is 11.9 Å². The molecule has 0 N–H and O–H groups in total. The lowest BCUT2D eigenvalue weighted by Gasteiger charge is -2.17. The summed E-state index contributed by atoms with van der Waals surface area (Å²) >= 11 is 5.51. The minimum Gasteiger partial charge on any atom is -0.418 e. The Labute approximate surface area is 231 Å². The molecule has 266 valence electrons. The van der Waals surface area contributed by atoms with Gasteiger partial charge in [-0.1, -0.05) is 3.98 Å². The first-order valence-corrected chi connectivity index (χ1v) is 10.6. The highest BCUT2D eigenvalue weighted by molar-refractivity contribution is 6.51. The van der Waals surface area contributed by atoms with Crippen molar-refractivity contribution in [2.24, 2.45) is 0 Å². The largest absolute Gasteiger partial charge is 0.673 e. The molecule has 0 radical (unpaired) electrons. The van der Waals surface area contributed by atoms with Gasteiger partial charge in [-0.2, -0.15) is 0 Å². The Kier molecular flexibility index (Phi) is 26.9. The summed E-state index contributed by atoms with van der Waals surface area (Å²) in [5.41, 5.74) is 0. The SMILES string of the molecule is Cl[O+]=C(N1CCCC1)N1CCCC1.F[B-](F)(F)F.F[B-](F)(F)F.F[B-](F)(F)F.F[B-](F)(F)F.F[B-](F)(F)F.F[B-](F)(F)F. The highest BCUT2D eigenvalue weighted by atomic mass is 35.5. The Morgan fingerprint density at radius 2 is 0.465 bits per heavy atom. The molecular formula is C9H16B6ClF24N2O-5. The highest BCUT2D eigenvalue weighted by Gasteiger charge is 2.34. The summed E-state index contributed by atoms with van der Waals surface area (Å²) in [5.74, 6) is 0. The molecule has 2 aliphatic heterocycles. The molecule has 34 heteroatoms. The molecule has 2 amide bonds. The smallest absolute Gasteiger partial charge is 0.418 e. The van der Waals surface area contributed by atoms with E-state index in [9.17, 15) is 104 Å². The topological polar surface area (TPSA) is 17.8 Å². The summed E-state index contributed by atoms with van der Waals surface area (Å²) in [6.45, 7) is 4.38. The normalized spacial score (nSPS) is 15.2. The van der Waals surface area contributed by atoms with Gasteiger partial charge in [-0.3, -0.25) is 9.80 Å². The maximum Gasteiger partial charge on any atom is 0.673 e. The van der Waals surface area contributed by atoms with Crippen LogP contribution in [0.2, 0.25) is 0 Å². The Hall–Kier alpha value is -1.73. The zero-order valence-electron chi connectivity index (χ0n) is 20.4. The Morgan fingerprint density at radius 1 is 0.349 bits per heavy atom. The van der Waals surface area contributed by atoms with Crippen LogP contribution in [-0.2, 0) is 0 Å². The number of carbonyl (C=O) groups excluding carboxylic acids is 1. The van der Waals surface area contributed by atoms with E-state index in [1.54, 1.807) is 0 Å². The van der Waals surface area contributed by atoms with Crippen molar-refractivity contribution in [1.29, 1.82) is 0 Å². The highest BCUT2D eigenvalue weighted by Crippen LogP contribution is 2.17. The van der Waals surface area contributed by atoms with Gasteiger partial charge in [0.1, 0.15) is 0 Å². The van der Waals surface area contributed by atoms with Crippen LogP contribution in [0.4, 0.5) is 108 Å². The summed E-state index contributed by atoms with van der Waals surface area (Å²) in [4.78, 5) is 4.50. The molecular weight excluding hydrogens is 708 g/mol. The number of hydrogen-bond acceptors (Lipinski definition) is 0. The fourth-order valence-corrected chi connectivity index (χ4v) is 2.31. The van der Waals surface area contributed by atoms with Crippen molar-refractivity contribution in [3.63, 3.8) is 0 Å². The van der Waals surface area contributed by atoms with Crippen molar-refractivity contribution in [1.82, 2.24) is 9.80 Å². The van der Waals surface area contributed by atoms with Gasteiger partial charge in [0.25, 0.3) is 0 Å². The van der Waals surface area contributed by atoms with Gasteiger partial charge in [0, 0.05) is 26.2 Å². The van der Waals surface area contributed by atoms with E-state index in [1.165, 1.54) is 25.7 Å². The summed E-state index contributed by atoms with van der Waals surface area (Å²) in [6, 6.07) is 0.886. The molecule has 2 heterocycles. The van der Waals surface area contributed by atoms with E-state index in [1.807, 2.05) is 0 Å². The van der Waals surface area contributed by atoms with Gasteiger partial charge in [0.15, 0.2) is 0 Å². The van der Waals surface area contributed by atoms with Crippen molar-refractivity contribution in [3.8, 4) is 0 Å². The molecule has 0 aliphatic carbocycles. The lowest BCUT2D eigenvalue weighted by atomic mass is 10.3. The van der Waals surface area contributed by atoms with Gasteiger partial charge in [-0.25, -0.2) is 0 Å². The molecule has 2 aliphatic rings. The third kappa shape index (κ3) is 119. The molecule has 3 nitrogen and oxygen atoms in total. The van der Waals surface area contributed by atoms with E-state index in [0.29, 0.717) is 0 Å². The second-order valence-corrected chi connectivity index (χ2v) is 6.87. The molecule has 0 aromatic heterocycles.